The number of benzene rings is 2. The van der Waals surface area contributed by atoms with Gasteiger partial charge in [-0.2, -0.15) is 0 Å². The van der Waals surface area contributed by atoms with Gasteiger partial charge in [0, 0.05) is 33.7 Å². The molecule has 2 aromatic rings. The fraction of sp³-hybridized carbons (Fsp3) is 0.143. The Labute approximate surface area is 122 Å². The van der Waals surface area contributed by atoms with Gasteiger partial charge in [0.15, 0.2) is 0 Å². The highest BCUT2D eigenvalue weighted by molar-refractivity contribution is 6.36. The molecule has 0 saturated heterocycles. The number of rotatable bonds is 4. The third-order valence-corrected chi connectivity index (χ3v) is 3.67. The van der Waals surface area contributed by atoms with Crippen LogP contribution in [-0.2, 0) is 12.4 Å². The number of halogens is 3. The molecule has 0 aromatic heterocycles. The second-order valence-electron chi connectivity index (χ2n) is 3.84. The first-order valence-corrected chi connectivity index (χ1v) is 6.82. The van der Waals surface area contributed by atoms with E-state index in [0.29, 0.717) is 22.5 Å². The lowest BCUT2D eigenvalue weighted by Crippen LogP contribution is -2.02. The average molecular weight is 301 g/mol. The summed E-state index contributed by atoms with van der Waals surface area (Å²) in [5, 5.41) is 4.64. The van der Waals surface area contributed by atoms with Crippen molar-refractivity contribution in [3.05, 3.63) is 63.6 Å². The van der Waals surface area contributed by atoms with Gasteiger partial charge in [-0.05, 0) is 23.8 Å². The Morgan fingerprint density at radius 1 is 0.889 bits per heavy atom. The van der Waals surface area contributed by atoms with Crippen LogP contribution < -0.4 is 5.32 Å². The van der Waals surface area contributed by atoms with Gasteiger partial charge in [-0.15, -0.1) is 11.6 Å². The predicted octanol–water partition coefficient (Wildman–Crippen LogP) is 5.34. The minimum Gasteiger partial charge on any atom is -0.381 e. The molecule has 2 rings (SSSR count). The average Bonchev–Trinajstić information content (AvgIpc) is 2.38. The van der Waals surface area contributed by atoms with Gasteiger partial charge in [-0.1, -0.05) is 47.5 Å². The summed E-state index contributed by atoms with van der Waals surface area (Å²) in [5.41, 5.74) is 2.95. The van der Waals surface area contributed by atoms with Crippen molar-refractivity contribution in [2.24, 2.45) is 0 Å². The van der Waals surface area contributed by atoms with E-state index in [1.165, 1.54) is 0 Å². The van der Waals surface area contributed by atoms with Crippen molar-refractivity contribution >= 4 is 40.5 Å². The van der Waals surface area contributed by atoms with Crippen LogP contribution >= 0.6 is 34.8 Å². The predicted molar refractivity (Wildman–Crippen MR) is 79.8 cm³/mol. The van der Waals surface area contributed by atoms with Crippen molar-refractivity contribution in [1.29, 1.82) is 0 Å². The first-order valence-electron chi connectivity index (χ1n) is 5.53. The quantitative estimate of drug-likeness (QED) is 0.751. The van der Waals surface area contributed by atoms with Gasteiger partial charge in [-0.3, -0.25) is 0 Å². The lowest BCUT2D eigenvalue weighted by molar-refractivity contribution is 1.14. The Bertz CT molecular complexity index is 520. The molecule has 0 heterocycles. The molecular weight excluding hydrogens is 289 g/mol. The summed E-state index contributed by atoms with van der Waals surface area (Å²) in [6.07, 6.45) is 0. The standard InChI is InChI=1S/C14H12Cl3N/c15-8-10-4-1-2-7-14(10)18-9-11-12(16)5-3-6-13(11)17/h1-7,18H,8-9H2. The maximum Gasteiger partial charge on any atom is 0.0494 e. The Morgan fingerprint density at radius 3 is 2.22 bits per heavy atom. The largest absolute Gasteiger partial charge is 0.381 e. The molecule has 18 heavy (non-hydrogen) atoms. The lowest BCUT2D eigenvalue weighted by atomic mass is 10.1. The third kappa shape index (κ3) is 3.11. The maximum absolute atomic E-state index is 6.12. The minimum absolute atomic E-state index is 0.472. The number of nitrogens with one attached hydrogen (secondary N) is 1. The summed E-state index contributed by atoms with van der Waals surface area (Å²) < 4.78 is 0. The van der Waals surface area contributed by atoms with Crippen molar-refractivity contribution in [2.75, 3.05) is 5.32 Å². The van der Waals surface area contributed by atoms with E-state index in [0.717, 1.165) is 16.8 Å². The van der Waals surface area contributed by atoms with E-state index in [2.05, 4.69) is 5.32 Å². The molecule has 0 spiro atoms. The van der Waals surface area contributed by atoms with Crippen molar-refractivity contribution in [1.82, 2.24) is 0 Å². The topological polar surface area (TPSA) is 12.0 Å². The molecule has 0 bridgehead atoms. The van der Waals surface area contributed by atoms with Crippen LogP contribution in [0.5, 0.6) is 0 Å². The van der Waals surface area contributed by atoms with Crippen LogP contribution in [0.1, 0.15) is 11.1 Å². The summed E-state index contributed by atoms with van der Waals surface area (Å²) in [4.78, 5) is 0. The molecule has 1 N–H and O–H groups in total. The highest BCUT2D eigenvalue weighted by Gasteiger charge is 2.06. The number of alkyl halides is 1. The van der Waals surface area contributed by atoms with Crippen molar-refractivity contribution in [3.63, 3.8) is 0 Å². The molecule has 0 amide bonds. The molecule has 94 valence electrons. The summed E-state index contributed by atoms with van der Waals surface area (Å²) in [6.45, 7) is 0.576. The van der Waals surface area contributed by atoms with Crippen LogP contribution in [0.2, 0.25) is 10.0 Å². The second-order valence-corrected chi connectivity index (χ2v) is 4.93. The zero-order valence-electron chi connectivity index (χ0n) is 9.59. The Balaban J connectivity index is 2.16. The summed E-state index contributed by atoms with van der Waals surface area (Å²) in [7, 11) is 0. The number of anilines is 1. The molecule has 0 unspecified atom stereocenters. The van der Waals surface area contributed by atoms with Gasteiger partial charge in [0.05, 0.1) is 0 Å². The zero-order valence-corrected chi connectivity index (χ0v) is 11.9. The molecule has 0 aliphatic carbocycles. The molecule has 4 heteroatoms. The van der Waals surface area contributed by atoms with Gasteiger partial charge in [-0.25, -0.2) is 0 Å². The monoisotopic (exact) mass is 299 g/mol. The van der Waals surface area contributed by atoms with Crippen LogP contribution in [0.4, 0.5) is 5.69 Å². The normalized spacial score (nSPS) is 10.4. The lowest BCUT2D eigenvalue weighted by Gasteiger charge is -2.12. The first-order chi connectivity index (χ1) is 8.72. The molecule has 1 nitrogen and oxygen atoms in total. The molecule has 2 aromatic carbocycles. The van der Waals surface area contributed by atoms with Crippen LogP contribution in [0.25, 0.3) is 0 Å². The highest BCUT2D eigenvalue weighted by atomic mass is 35.5. The minimum atomic E-state index is 0.472. The first kappa shape index (κ1) is 13.5. The van der Waals surface area contributed by atoms with Crippen LogP contribution in [0.15, 0.2) is 42.5 Å². The van der Waals surface area contributed by atoms with Crippen molar-refractivity contribution in [2.45, 2.75) is 12.4 Å². The molecule has 0 fully saturated rings. The molecule has 0 aliphatic rings. The zero-order chi connectivity index (χ0) is 13.0. The Hall–Kier alpha value is -0.890. The number of hydrogen-bond acceptors (Lipinski definition) is 1. The Kier molecular flexibility index (Phi) is 4.76. The van der Waals surface area contributed by atoms with E-state index in [1.807, 2.05) is 42.5 Å². The van der Waals surface area contributed by atoms with Gasteiger partial charge < -0.3 is 5.32 Å². The van der Waals surface area contributed by atoms with Gasteiger partial charge in [0.2, 0.25) is 0 Å². The van der Waals surface area contributed by atoms with Crippen molar-refractivity contribution < 1.29 is 0 Å². The van der Waals surface area contributed by atoms with E-state index < -0.39 is 0 Å². The fourth-order valence-corrected chi connectivity index (χ4v) is 2.46. The third-order valence-electron chi connectivity index (χ3n) is 2.68. The second kappa shape index (κ2) is 6.33. The molecule has 0 radical (unpaired) electrons. The summed E-state index contributed by atoms with van der Waals surface area (Å²) in [6, 6.07) is 13.4. The smallest absolute Gasteiger partial charge is 0.0494 e. The van der Waals surface area contributed by atoms with E-state index in [-0.39, 0.29) is 0 Å². The summed E-state index contributed by atoms with van der Waals surface area (Å²) in [5.74, 6) is 0.472. The summed E-state index contributed by atoms with van der Waals surface area (Å²) >= 11 is 18.1. The SMILES string of the molecule is ClCc1ccccc1NCc1c(Cl)cccc1Cl. The highest BCUT2D eigenvalue weighted by Crippen LogP contribution is 2.26. The number of para-hydroxylation sites is 1. The maximum atomic E-state index is 6.12. The van der Waals surface area contributed by atoms with E-state index >= 15 is 0 Å². The van der Waals surface area contributed by atoms with Crippen LogP contribution in [-0.4, -0.2) is 0 Å². The van der Waals surface area contributed by atoms with Crippen molar-refractivity contribution in [3.8, 4) is 0 Å². The van der Waals surface area contributed by atoms with Crippen LogP contribution in [0, 0.1) is 0 Å². The van der Waals surface area contributed by atoms with E-state index in [9.17, 15) is 0 Å². The fourth-order valence-electron chi connectivity index (χ4n) is 1.69. The van der Waals surface area contributed by atoms with E-state index in [1.54, 1.807) is 0 Å². The van der Waals surface area contributed by atoms with Gasteiger partial charge in [0.25, 0.3) is 0 Å². The van der Waals surface area contributed by atoms with Gasteiger partial charge in [0.1, 0.15) is 0 Å². The van der Waals surface area contributed by atoms with Gasteiger partial charge >= 0.3 is 0 Å². The van der Waals surface area contributed by atoms with E-state index in [4.69, 9.17) is 34.8 Å². The Morgan fingerprint density at radius 2 is 1.56 bits per heavy atom. The number of hydrogen-bond donors (Lipinski definition) is 1. The van der Waals surface area contributed by atoms with Crippen LogP contribution in [0.3, 0.4) is 0 Å². The molecule has 0 aliphatic heterocycles. The molecule has 0 atom stereocenters. The molecular formula is C14H12Cl3N. The molecule has 0 saturated carbocycles.